The fourth-order valence-electron chi connectivity index (χ4n) is 6.18. The second-order valence-corrected chi connectivity index (χ2v) is 9.41. The first-order chi connectivity index (χ1) is 16.8. The predicted molar refractivity (Wildman–Crippen MR) is 147 cm³/mol. The Kier molecular flexibility index (Phi) is 3.39. The molecule has 7 aromatic rings. The van der Waals surface area contributed by atoms with E-state index in [0.29, 0.717) is 0 Å². The Morgan fingerprint density at radius 1 is 0.412 bits per heavy atom. The minimum Gasteiger partial charge on any atom is -0.345 e. The first-order valence-corrected chi connectivity index (χ1v) is 11.9. The van der Waals surface area contributed by atoms with Crippen molar-refractivity contribution in [2.45, 2.75) is 0 Å². The Hall–Kier alpha value is -4.36. The van der Waals surface area contributed by atoms with Crippen LogP contribution in [0.15, 0.2) is 109 Å². The minimum absolute atomic E-state index is 1.19. The molecule has 1 aliphatic carbocycles. The van der Waals surface area contributed by atoms with Crippen LogP contribution in [0.25, 0.3) is 65.3 Å². The fraction of sp³-hybridized carbons (Fsp3) is 0.0303. The van der Waals surface area contributed by atoms with Gasteiger partial charge in [0.25, 0.3) is 0 Å². The van der Waals surface area contributed by atoms with Crippen molar-refractivity contribution in [2.24, 2.45) is 0 Å². The van der Waals surface area contributed by atoms with Gasteiger partial charge in [-0.25, -0.2) is 0 Å². The van der Waals surface area contributed by atoms with Crippen molar-refractivity contribution in [1.29, 1.82) is 0 Å². The van der Waals surface area contributed by atoms with Crippen LogP contribution in [0.4, 0.5) is 11.4 Å². The molecule has 8 rings (SSSR count). The Morgan fingerprint density at radius 3 is 1.74 bits per heavy atom. The number of nitrogens with zero attached hydrogens (tertiary/aromatic N) is 1. The average molecular weight is 432 g/mol. The lowest BCUT2D eigenvalue weighted by Crippen LogP contribution is -2.09. The molecule has 0 heterocycles. The van der Waals surface area contributed by atoms with Gasteiger partial charge in [-0.2, -0.15) is 0 Å². The molecule has 158 valence electrons. The molecule has 0 unspecified atom stereocenters. The van der Waals surface area contributed by atoms with Crippen LogP contribution in [0.3, 0.4) is 0 Å². The highest BCUT2D eigenvalue weighted by atomic mass is 15.1. The summed E-state index contributed by atoms with van der Waals surface area (Å²) in [5, 5.41) is 10.9. The minimum atomic E-state index is 1.19. The maximum absolute atomic E-state index is 2.36. The number of hydrogen-bond donors (Lipinski definition) is 0. The normalized spacial score (nSPS) is 12.3. The largest absolute Gasteiger partial charge is 0.345 e. The summed E-state index contributed by atoms with van der Waals surface area (Å²) in [7, 11) is 2.14. The molecule has 0 aromatic heterocycles. The van der Waals surface area contributed by atoms with Gasteiger partial charge in [0.15, 0.2) is 0 Å². The molecule has 7 aromatic carbocycles. The number of rotatable bonds is 2. The average Bonchev–Trinajstić information content (AvgIpc) is 3.23. The Bertz CT molecular complexity index is 1860. The summed E-state index contributed by atoms with van der Waals surface area (Å²) in [6, 6.07) is 40.3. The highest BCUT2D eigenvalue weighted by molar-refractivity contribution is 6.37. The first kappa shape index (κ1) is 18.1. The molecule has 1 nitrogen and oxygen atoms in total. The molecule has 0 saturated heterocycles. The van der Waals surface area contributed by atoms with E-state index in [1.165, 1.54) is 76.7 Å². The number of fused-ring (bicyclic) bond motifs is 5. The molecule has 0 amide bonds. The lowest BCUT2D eigenvalue weighted by molar-refractivity contribution is 1.21. The Morgan fingerprint density at radius 2 is 1.03 bits per heavy atom. The SMILES string of the molecule is CN(c1ccccc1)c1ccc2c(c1)-c1ccc3c4cccc5cccc(c6ccc-2c1c63)c54. The van der Waals surface area contributed by atoms with Gasteiger partial charge in [0.2, 0.25) is 0 Å². The van der Waals surface area contributed by atoms with Crippen LogP contribution in [-0.2, 0) is 0 Å². The van der Waals surface area contributed by atoms with E-state index in [4.69, 9.17) is 0 Å². The monoisotopic (exact) mass is 431 g/mol. The summed E-state index contributed by atoms with van der Waals surface area (Å²) in [5.41, 5.74) is 7.76. The van der Waals surface area contributed by atoms with Gasteiger partial charge in [0, 0.05) is 18.4 Å². The number of hydrogen-bond acceptors (Lipinski definition) is 1. The zero-order chi connectivity index (χ0) is 22.4. The summed E-state index contributed by atoms with van der Waals surface area (Å²) in [6.45, 7) is 0. The van der Waals surface area contributed by atoms with Gasteiger partial charge in [-0.15, -0.1) is 0 Å². The van der Waals surface area contributed by atoms with Crippen molar-refractivity contribution in [3.05, 3.63) is 109 Å². The number of para-hydroxylation sites is 1. The van der Waals surface area contributed by atoms with Crippen molar-refractivity contribution < 1.29 is 0 Å². The lowest BCUT2D eigenvalue weighted by Gasteiger charge is -2.20. The zero-order valence-electron chi connectivity index (χ0n) is 18.8. The van der Waals surface area contributed by atoms with Crippen LogP contribution in [0, 0.1) is 0 Å². The lowest BCUT2D eigenvalue weighted by atomic mass is 9.88. The van der Waals surface area contributed by atoms with E-state index in [1.807, 2.05) is 0 Å². The molecule has 0 fully saturated rings. The first-order valence-electron chi connectivity index (χ1n) is 11.9. The fourth-order valence-corrected chi connectivity index (χ4v) is 6.18. The second-order valence-electron chi connectivity index (χ2n) is 9.41. The van der Waals surface area contributed by atoms with Gasteiger partial charge >= 0.3 is 0 Å². The van der Waals surface area contributed by atoms with E-state index in [0.717, 1.165) is 0 Å². The van der Waals surface area contributed by atoms with E-state index >= 15 is 0 Å². The molecule has 0 atom stereocenters. The third kappa shape index (κ3) is 2.19. The van der Waals surface area contributed by atoms with E-state index in [9.17, 15) is 0 Å². The van der Waals surface area contributed by atoms with Crippen molar-refractivity contribution in [3.63, 3.8) is 0 Å². The molecule has 34 heavy (non-hydrogen) atoms. The molecule has 0 radical (unpaired) electrons. The van der Waals surface area contributed by atoms with Gasteiger partial charge in [0.05, 0.1) is 0 Å². The Balaban J connectivity index is 1.45. The van der Waals surface area contributed by atoms with Crippen LogP contribution in [0.5, 0.6) is 0 Å². The second kappa shape index (κ2) is 6.36. The number of benzene rings is 7. The van der Waals surface area contributed by atoms with E-state index < -0.39 is 0 Å². The van der Waals surface area contributed by atoms with Crippen molar-refractivity contribution in [1.82, 2.24) is 0 Å². The molecule has 0 N–H and O–H groups in total. The summed E-state index contributed by atoms with van der Waals surface area (Å²) in [4.78, 5) is 2.26. The summed E-state index contributed by atoms with van der Waals surface area (Å²) in [6.07, 6.45) is 0. The van der Waals surface area contributed by atoms with Gasteiger partial charge in [-0.1, -0.05) is 84.9 Å². The van der Waals surface area contributed by atoms with Crippen molar-refractivity contribution >= 4 is 54.5 Å². The van der Waals surface area contributed by atoms with Crippen LogP contribution < -0.4 is 4.90 Å². The standard InChI is InChI=1S/C33H21N/c1-34(21-9-3-2-4-10-21)22-13-14-23-26-15-16-27-24-11-5-7-20-8-6-12-25(31(20)24)28-17-18-29(30(23)19-22)32(26)33(27)28/h2-19H,1H3. The van der Waals surface area contributed by atoms with Crippen LogP contribution in [0.2, 0.25) is 0 Å². The molecular weight excluding hydrogens is 410 g/mol. The molecule has 0 bridgehead atoms. The smallest absolute Gasteiger partial charge is 0.0414 e. The van der Waals surface area contributed by atoms with E-state index in [2.05, 4.69) is 121 Å². The molecule has 0 spiro atoms. The van der Waals surface area contributed by atoms with Gasteiger partial charge in [0.1, 0.15) is 0 Å². The van der Waals surface area contributed by atoms with Crippen molar-refractivity contribution in [3.8, 4) is 22.3 Å². The quantitative estimate of drug-likeness (QED) is 0.195. The van der Waals surface area contributed by atoms with Crippen molar-refractivity contribution in [2.75, 3.05) is 11.9 Å². The maximum atomic E-state index is 2.36. The van der Waals surface area contributed by atoms with Gasteiger partial charge in [-0.05, 0) is 89.6 Å². The molecule has 0 saturated carbocycles. The van der Waals surface area contributed by atoms with Gasteiger partial charge in [-0.3, -0.25) is 0 Å². The van der Waals surface area contributed by atoms with Crippen LogP contribution in [0.1, 0.15) is 0 Å². The summed E-state index contributed by atoms with van der Waals surface area (Å²) in [5.74, 6) is 0. The predicted octanol–water partition coefficient (Wildman–Crippen LogP) is 9.15. The summed E-state index contributed by atoms with van der Waals surface area (Å²) >= 11 is 0. The number of anilines is 2. The maximum Gasteiger partial charge on any atom is 0.0414 e. The van der Waals surface area contributed by atoms with E-state index in [-0.39, 0.29) is 0 Å². The van der Waals surface area contributed by atoms with Crippen LogP contribution >= 0.6 is 0 Å². The highest BCUT2D eigenvalue weighted by Gasteiger charge is 2.25. The summed E-state index contributed by atoms with van der Waals surface area (Å²) < 4.78 is 0. The van der Waals surface area contributed by atoms with Crippen LogP contribution in [-0.4, -0.2) is 7.05 Å². The van der Waals surface area contributed by atoms with E-state index in [1.54, 1.807) is 0 Å². The molecule has 0 aliphatic heterocycles. The third-order valence-corrected chi connectivity index (χ3v) is 7.76. The third-order valence-electron chi connectivity index (χ3n) is 7.76. The molecular formula is C33H21N. The molecule has 1 heteroatoms. The topological polar surface area (TPSA) is 3.24 Å². The van der Waals surface area contributed by atoms with Gasteiger partial charge < -0.3 is 4.90 Å². The Labute approximate surface area is 197 Å². The zero-order valence-corrected chi connectivity index (χ0v) is 18.8. The highest BCUT2D eigenvalue weighted by Crippen LogP contribution is 2.52. The molecule has 1 aliphatic rings.